The zero-order valence-corrected chi connectivity index (χ0v) is 12.1. The molecule has 0 bridgehead atoms. The SMILES string of the molecule is O=C1CCC2CN(C(=O)c3ccc([N+](=O)[O-])s3)CCC2N1. The fraction of sp³-hybridized carbons (Fsp3) is 0.538. The van der Waals surface area contributed by atoms with Crippen LogP contribution in [-0.2, 0) is 4.79 Å². The summed E-state index contributed by atoms with van der Waals surface area (Å²) in [5.41, 5.74) is 0. The van der Waals surface area contributed by atoms with Gasteiger partial charge in [-0.3, -0.25) is 19.7 Å². The first kappa shape index (κ1) is 14.0. The Labute approximate surface area is 125 Å². The Morgan fingerprint density at radius 2 is 2.24 bits per heavy atom. The van der Waals surface area contributed by atoms with E-state index in [9.17, 15) is 19.7 Å². The minimum Gasteiger partial charge on any atom is -0.353 e. The van der Waals surface area contributed by atoms with E-state index in [1.807, 2.05) is 0 Å². The molecular weight excluding hydrogens is 294 g/mol. The number of nitro groups is 1. The van der Waals surface area contributed by atoms with Crippen molar-refractivity contribution in [1.82, 2.24) is 10.2 Å². The number of carbonyl (C=O) groups is 2. The minimum absolute atomic E-state index is 0.0156. The van der Waals surface area contributed by atoms with Crippen LogP contribution in [0.2, 0.25) is 0 Å². The van der Waals surface area contributed by atoms with Gasteiger partial charge >= 0.3 is 5.00 Å². The molecule has 2 aliphatic heterocycles. The van der Waals surface area contributed by atoms with Gasteiger partial charge < -0.3 is 10.2 Å². The smallest absolute Gasteiger partial charge is 0.324 e. The van der Waals surface area contributed by atoms with Crippen molar-refractivity contribution >= 4 is 28.2 Å². The van der Waals surface area contributed by atoms with Gasteiger partial charge in [-0.2, -0.15) is 0 Å². The molecule has 112 valence electrons. The highest BCUT2D eigenvalue weighted by Gasteiger charge is 2.35. The van der Waals surface area contributed by atoms with Crippen molar-refractivity contribution in [1.29, 1.82) is 0 Å². The van der Waals surface area contributed by atoms with Gasteiger partial charge in [0, 0.05) is 31.6 Å². The van der Waals surface area contributed by atoms with Crippen molar-refractivity contribution in [2.24, 2.45) is 5.92 Å². The molecule has 0 spiro atoms. The number of fused-ring (bicyclic) bond motifs is 1. The van der Waals surface area contributed by atoms with Gasteiger partial charge in [0.1, 0.15) is 0 Å². The van der Waals surface area contributed by atoms with Crippen molar-refractivity contribution in [3.63, 3.8) is 0 Å². The molecule has 7 nitrogen and oxygen atoms in total. The van der Waals surface area contributed by atoms with E-state index >= 15 is 0 Å². The van der Waals surface area contributed by atoms with Gasteiger partial charge in [-0.1, -0.05) is 11.3 Å². The second-order valence-corrected chi connectivity index (χ2v) is 6.47. The number of nitrogens with zero attached hydrogens (tertiary/aromatic N) is 2. The Hall–Kier alpha value is -1.96. The fourth-order valence-corrected chi connectivity index (χ4v) is 3.78. The molecule has 0 saturated carbocycles. The molecule has 0 aromatic carbocycles. The lowest BCUT2D eigenvalue weighted by Gasteiger charge is -2.41. The van der Waals surface area contributed by atoms with E-state index in [0.29, 0.717) is 24.4 Å². The first-order valence-corrected chi connectivity index (χ1v) is 7.69. The summed E-state index contributed by atoms with van der Waals surface area (Å²) in [5.74, 6) is 0.226. The van der Waals surface area contributed by atoms with Gasteiger partial charge in [0.25, 0.3) is 5.91 Å². The number of hydrogen-bond donors (Lipinski definition) is 1. The number of rotatable bonds is 2. The molecule has 1 aromatic heterocycles. The number of amides is 2. The minimum atomic E-state index is -0.482. The predicted octanol–water partition coefficient (Wildman–Crippen LogP) is 1.40. The third-order valence-corrected chi connectivity index (χ3v) is 5.12. The van der Waals surface area contributed by atoms with Crippen LogP contribution < -0.4 is 5.32 Å². The van der Waals surface area contributed by atoms with Crippen LogP contribution in [0.5, 0.6) is 0 Å². The Kier molecular flexibility index (Phi) is 3.62. The van der Waals surface area contributed by atoms with Crippen LogP contribution in [0.25, 0.3) is 0 Å². The monoisotopic (exact) mass is 309 g/mol. The molecule has 2 unspecified atom stereocenters. The zero-order chi connectivity index (χ0) is 15.0. The maximum Gasteiger partial charge on any atom is 0.324 e. The lowest BCUT2D eigenvalue weighted by molar-refractivity contribution is -0.380. The number of carbonyl (C=O) groups excluding carboxylic acids is 2. The van der Waals surface area contributed by atoms with Crippen LogP contribution >= 0.6 is 11.3 Å². The van der Waals surface area contributed by atoms with E-state index < -0.39 is 4.92 Å². The fourth-order valence-electron chi connectivity index (χ4n) is 2.99. The molecule has 2 fully saturated rings. The molecule has 0 aliphatic carbocycles. The second kappa shape index (κ2) is 5.44. The number of piperidine rings is 2. The van der Waals surface area contributed by atoms with E-state index in [-0.39, 0.29) is 28.8 Å². The molecule has 21 heavy (non-hydrogen) atoms. The molecule has 2 amide bonds. The van der Waals surface area contributed by atoms with Crippen LogP contribution in [0.4, 0.5) is 5.00 Å². The van der Waals surface area contributed by atoms with Crippen LogP contribution in [0.15, 0.2) is 12.1 Å². The number of hydrogen-bond acceptors (Lipinski definition) is 5. The molecule has 3 rings (SSSR count). The first-order chi connectivity index (χ1) is 10.0. The summed E-state index contributed by atoms with van der Waals surface area (Å²) in [6.45, 7) is 1.18. The van der Waals surface area contributed by atoms with Crippen molar-refractivity contribution in [3.8, 4) is 0 Å². The van der Waals surface area contributed by atoms with Gasteiger partial charge in [-0.15, -0.1) is 0 Å². The summed E-state index contributed by atoms with van der Waals surface area (Å²) in [7, 11) is 0. The molecule has 2 aliphatic rings. The standard InChI is InChI=1S/C13H15N3O4S/c17-11-3-1-8-7-15(6-5-9(8)14-11)13(18)10-2-4-12(21-10)16(19)20/h2,4,8-9H,1,3,5-7H2,(H,14,17). The van der Waals surface area contributed by atoms with Crippen molar-refractivity contribution < 1.29 is 14.5 Å². The summed E-state index contributed by atoms with van der Waals surface area (Å²) >= 11 is 0.912. The molecule has 1 aromatic rings. The zero-order valence-electron chi connectivity index (χ0n) is 11.3. The summed E-state index contributed by atoms with van der Waals surface area (Å²) in [5, 5.41) is 13.6. The van der Waals surface area contributed by atoms with E-state index in [2.05, 4.69) is 5.32 Å². The molecular formula is C13H15N3O4S. The summed E-state index contributed by atoms with van der Waals surface area (Å²) in [6, 6.07) is 3.04. The quantitative estimate of drug-likeness (QED) is 0.660. The molecule has 2 saturated heterocycles. The molecule has 2 atom stereocenters. The normalized spacial score (nSPS) is 25.1. The lowest BCUT2D eigenvalue weighted by atomic mass is 9.85. The number of thiophene rings is 1. The highest BCUT2D eigenvalue weighted by molar-refractivity contribution is 7.17. The predicted molar refractivity (Wildman–Crippen MR) is 76.1 cm³/mol. The highest BCUT2D eigenvalue weighted by Crippen LogP contribution is 2.29. The van der Waals surface area contributed by atoms with Crippen molar-refractivity contribution in [3.05, 3.63) is 27.1 Å². The van der Waals surface area contributed by atoms with Gasteiger partial charge in [0.15, 0.2) is 0 Å². The van der Waals surface area contributed by atoms with Gasteiger partial charge in [-0.05, 0) is 24.8 Å². The topological polar surface area (TPSA) is 92.5 Å². The summed E-state index contributed by atoms with van der Waals surface area (Å²) < 4.78 is 0. The van der Waals surface area contributed by atoms with Gasteiger partial charge in [0.05, 0.1) is 9.80 Å². The average Bonchev–Trinajstić information content (AvgIpc) is 2.96. The molecule has 8 heteroatoms. The van der Waals surface area contributed by atoms with E-state index in [1.165, 1.54) is 12.1 Å². The maximum absolute atomic E-state index is 12.4. The van der Waals surface area contributed by atoms with Crippen LogP contribution in [0.3, 0.4) is 0 Å². The Morgan fingerprint density at radius 3 is 2.95 bits per heavy atom. The Bertz CT molecular complexity index is 600. The Balaban J connectivity index is 1.68. The van der Waals surface area contributed by atoms with Crippen molar-refractivity contribution in [2.75, 3.05) is 13.1 Å². The highest BCUT2D eigenvalue weighted by atomic mass is 32.1. The lowest BCUT2D eigenvalue weighted by Crippen LogP contribution is -2.55. The van der Waals surface area contributed by atoms with Crippen LogP contribution in [0, 0.1) is 16.0 Å². The van der Waals surface area contributed by atoms with Gasteiger partial charge in [-0.25, -0.2) is 0 Å². The summed E-state index contributed by atoms with van der Waals surface area (Å²) in [4.78, 5) is 36.1. The summed E-state index contributed by atoms with van der Waals surface area (Å²) in [6.07, 6.45) is 2.05. The first-order valence-electron chi connectivity index (χ1n) is 6.87. The van der Waals surface area contributed by atoms with E-state index in [1.54, 1.807) is 4.90 Å². The number of likely N-dealkylation sites (tertiary alicyclic amines) is 1. The van der Waals surface area contributed by atoms with E-state index in [0.717, 1.165) is 24.2 Å². The maximum atomic E-state index is 12.4. The third-order valence-electron chi connectivity index (χ3n) is 4.09. The van der Waals surface area contributed by atoms with Crippen LogP contribution in [-0.4, -0.2) is 40.8 Å². The van der Waals surface area contributed by atoms with Gasteiger partial charge in [0.2, 0.25) is 5.91 Å². The second-order valence-electron chi connectivity index (χ2n) is 5.41. The van der Waals surface area contributed by atoms with Crippen molar-refractivity contribution in [2.45, 2.75) is 25.3 Å². The third kappa shape index (κ3) is 2.76. The number of nitrogens with one attached hydrogen (secondary N) is 1. The molecule has 3 heterocycles. The van der Waals surface area contributed by atoms with E-state index in [4.69, 9.17) is 0 Å². The molecule has 1 N–H and O–H groups in total. The molecule has 0 radical (unpaired) electrons. The Morgan fingerprint density at radius 1 is 1.43 bits per heavy atom. The van der Waals surface area contributed by atoms with Crippen LogP contribution in [0.1, 0.15) is 28.9 Å². The average molecular weight is 309 g/mol. The largest absolute Gasteiger partial charge is 0.353 e.